The summed E-state index contributed by atoms with van der Waals surface area (Å²) in [5.74, 6) is 0.672. The Morgan fingerprint density at radius 1 is 0.926 bits per heavy atom. The Hall–Kier alpha value is -0.950. The minimum Gasteiger partial charge on any atom is -0.391 e. The van der Waals surface area contributed by atoms with Gasteiger partial charge in [0.2, 0.25) is 0 Å². The number of nitrogens with zero attached hydrogens (tertiary/aromatic N) is 2. The molecule has 0 aliphatic carbocycles. The van der Waals surface area contributed by atoms with Crippen LogP contribution >= 0.6 is 22.6 Å². The van der Waals surface area contributed by atoms with Crippen molar-refractivity contribution in [1.82, 2.24) is 9.80 Å². The van der Waals surface area contributed by atoms with Gasteiger partial charge < -0.3 is 5.11 Å². The Bertz CT molecular complexity index is 730. The Morgan fingerprint density at radius 3 is 2.44 bits per heavy atom. The summed E-state index contributed by atoms with van der Waals surface area (Å²) < 4.78 is 1.29. The van der Waals surface area contributed by atoms with Gasteiger partial charge in [0.25, 0.3) is 0 Å². The van der Waals surface area contributed by atoms with Crippen molar-refractivity contribution in [3.8, 4) is 0 Å². The number of piperidine rings is 2. The minimum absolute atomic E-state index is 0.189. The van der Waals surface area contributed by atoms with Crippen LogP contribution in [0.3, 0.4) is 0 Å². The average Bonchev–Trinajstić information content (AvgIpc) is 2.70. The van der Waals surface area contributed by atoms with Gasteiger partial charge in [0.1, 0.15) is 0 Å². The topological polar surface area (TPSA) is 26.7 Å². The second kappa shape index (κ2) is 9.03. The summed E-state index contributed by atoms with van der Waals surface area (Å²) in [6, 6.07) is 20.0. The van der Waals surface area contributed by atoms with E-state index in [1.54, 1.807) is 0 Å². The fourth-order valence-corrected chi connectivity index (χ4v) is 5.28. The molecule has 2 heterocycles. The van der Waals surface area contributed by atoms with E-state index in [1.807, 2.05) is 0 Å². The normalized spacial score (nSPS) is 25.6. The van der Waals surface area contributed by atoms with Crippen molar-refractivity contribution >= 4 is 22.6 Å². The first-order chi connectivity index (χ1) is 13.2. The van der Waals surface area contributed by atoms with Gasteiger partial charge in [0.05, 0.1) is 6.10 Å². The lowest BCUT2D eigenvalue weighted by Gasteiger charge is -2.45. The molecule has 3 nitrogen and oxygen atoms in total. The number of aliphatic hydroxyl groups is 1. The van der Waals surface area contributed by atoms with Gasteiger partial charge in [0.15, 0.2) is 0 Å². The molecule has 1 N–H and O–H groups in total. The average molecular weight is 476 g/mol. The summed E-state index contributed by atoms with van der Waals surface area (Å²) in [5, 5.41) is 10.7. The van der Waals surface area contributed by atoms with E-state index in [9.17, 15) is 5.11 Å². The van der Waals surface area contributed by atoms with E-state index in [2.05, 4.69) is 87.0 Å². The maximum Gasteiger partial charge on any atom is 0.0720 e. The van der Waals surface area contributed by atoms with Gasteiger partial charge >= 0.3 is 0 Å². The number of hydrogen-bond donors (Lipinski definition) is 1. The Morgan fingerprint density at radius 2 is 1.70 bits per heavy atom. The van der Waals surface area contributed by atoms with E-state index in [-0.39, 0.29) is 12.1 Å². The highest BCUT2D eigenvalue weighted by atomic mass is 127. The van der Waals surface area contributed by atoms with Crippen molar-refractivity contribution in [2.75, 3.05) is 26.2 Å². The molecule has 0 unspecified atom stereocenters. The lowest BCUT2D eigenvalue weighted by molar-refractivity contribution is -0.0222. The summed E-state index contributed by atoms with van der Waals surface area (Å²) in [6.45, 7) is 5.14. The van der Waals surface area contributed by atoms with E-state index in [0.29, 0.717) is 5.92 Å². The summed E-state index contributed by atoms with van der Waals surface area (Å²) in [5.41, 5.74) is 2.85. The van der Waals surface area contributed by atoms with Crippen molar-refractivity contribution in [3.05, 3.63) is 69.3 Å². The van der Waals surface area contributed by atoms with Crippen LogP contribution in [0.5, 0.6) is 0 Å². The van der Waals surface area contributed by atoms with Crippen LogP contribution in [0.15, 0.2) is 54.6 Å². The molecular weight excluding hydrogens is 447 g/mol. The lowest BCUT2D eigenvalue weighted by Crippen LogP contribution is -2.56. The number of halogens is 1. The van der Waals surface area contributed by atoms with E-state index in [4.69, 9.17) is 0 Å². The molecular formula is C23H29IN2O. The molecule has 2 atom stereocenters. The highest BCUT2D eigenvalue weighted by Crippen LogP contribution is 2.30. The first kappa shape index (κ1) is 19.4. The van der Waals surface area contributed by atoms with E-state index >= 15 is 0 Å². The molecule has 4 heteroatoms. The van der Waals surface area contributed by atoms with Crippen LogP contribution in [-0.4, -0.2) is 53.2 Å². The zero-order chi connectivity index (χ0) is 18.6. The molecule has 0 bridgehead atoms. The predicted molar refractivity (Wildman–Crippen MR) is 119 cm³/mol. The number of hydrogen-bond acceptors (Lipinski definition) is 3. The second-order valence-corrected chi connectivity index (χ2v) is 9.25. The van der Waals surface area contributed by atoms with Gasteiger partial charge in [-0.25, -0.2) is 0 Å². The molecule has 4 rings (SSSR count). The molecule has 0 saturated carbocycles. The SMILES string of the molecule is O[C@@H]1CCN(Cc2cccc(I)c2)C[C@H]1N1CCC(c2ccccc2)CC1. The van der Waals surface area contributed by atoms with Crippen LogP contribution in [0.2, 0.25) is 0 Å². The molecule has 2 fully saturated rings. The van der Waals surface area contributed by atoms with E-state index < -0.39 is 0 Å². The molecule has 0 amide bonds. The molecule has 0 aromatic heterocycles. The van der Waals surface area contributed by atoms with Crippen LogP contribution < -0.4 is 0 Å². The van der Waals surface area contributed by atoms with Gasteiger partial charge in [-0.1, -0.05) is 42.5 Å². The first-order valence-electron chi connectivity index (χ1n) is 10.1. The van der Waals surface area contributed by atoms with Crippen LogP contribution in [0, 0.1) is 3.57 Å². The fraction of sp³-hybridized carbons (Fsp3) is 0.478. The van der Waals surface area contributed by atoms with Gasteiger partial charge in [-0.05, 0) is 84.1 Å². The van der Waals surface area contributed by atoms with Gasteiger partial charge in [0, 0.05) is 29.2 Å². The molecule has 2 aromatic rings. The minimum atomic E-state index is -0.189. The van der Waals surface area contributed by atoms with Crippen LogP contribution in [-0.2, 0) is 6.54 Å². The van der Waals surface area contributed by atoms with Crippen LogP contribution in [0.25, 0.3) is 0 Å². The zero-order valence-electron chi connectivity index (χ0n) is 15.8. The maximum absolute atomic E-state index is 10.7. The monoisotopic (exact) mass is 476 g/mol. The Balaban J connectivity index is 1.35. The first-order valence-corrected chi connectivity index (χ1v) is 11.2. The number of benzene rings is 2. The summed E-state index contributed by atoms with van der Waals surface area (Å²) in [6.07, 6.45) is 3.09. The van der Waals surface area contributed by atoms with Crippen molar-refractivity contribution in [2.45, 2.75) is 43.9 Å². The predicted octanol–water partition coefficient (Wildman–Crippen LogP) is 4.11. The van der Waals surface area contributed by atoms with E-state index in [1.165, 1.54) is 27.5 Å². The summed E-state index contributed by atoms with van der Waals surface area (Å²) in [4.78, 5) is 5.07. The molecule has 2 aliphatic rings. The Labute approximate surface area is 176 Å². The molecule has 2 aliphatic heterocycles. The molecule has 2 saturated heterocycles. The second-order valence-electron chi connectivity index (χ2n) is 8.01. The molecule has 144 valence electrons. The van der Waals surface area contributed by atoms with Gasteiger partial charge in [-0.15, -0.1) is 0 Å². The highest BCUT2D eigenvalue weighted by Gasteiger charge is 2.34. The van der Waals surface area contributed by atoms with Crippen molar-refractivity contribution < 1.29 is 5.11 Å². The standard InChI is InChI=1S/C23H29IN2O/c24-21-8-4-5-18(15-21)16-25-12-11-23(27)22(17-25)26-13-9-20(10-14-26)19-6-2-1-3-7-19/h1-8,15,20,22-23,27H,9-14,16-17H2/t22-,23-/m1/s1. The largest absolute Gasteiger partial charge is 0.391 e. The zero-order valence-corrected chi connectivity index (χ0v) is 18.0. The molecule has 0 radical (unpaired) electrons. The molecule has 27 heavy (non-hydrogen) atoms. The lowest BCUT2D eigenvalue weighted by atomic mass is 9.88. The van der Waals surface area contributed by atoms with Gasteiger partial charge in [-0.2, -0.15) is 0 Å². The third-order valence-electron chi connectivity index (χ3n) is 6.20. The molecule has 2 aromatic carbocycles. The third-order valence-corrected chi connectivity index (χ3v) is 6.87. The number of aliphatic hydroxyl groups excluding tert-OH is 1. The fourth-order valence-electron chi connectivity index (χ4n) is 4.67. The molecule has 0 spiro atoms. The summed E-state index contributed by atoms with van der Waals surface area (Å²) >= 11 is 2.38. The smallest absolute Gasteiger partial charge is 0.0720 e. The number of rotatable bonds is 4. The van der Waals surface area contributed by atoms with Crippen molar-refractivity contribution in [1.29, 1.82) is 0 Å². The van der Waals surface area contributed by atoms with E-state index in [0.717, 1.165) is 39.1 Å². The Kier molecular flexibility index (Phi) is 6.48. The summed E-state index contributed by atoms with van der Waals surface area (Å²) in [7, 11) is 0. The van der Waals surface area contributed by atoms with Crippen LogP contribution in [0.4, 0.5) is 0 Å². The van der Waals surface area contributed by atoms with Crippen molar-refractivity contribution in [3.63, 3.8) is 0 Å². The maximum atomic E-state index is 10.7. The highest BCUT2D eigenvalue weighted by molar-refractivity contribution is 14.1. The third kappa shape index (κ3) is 4.91. The number of likely N-dealkylation sites (tertiary alicyclic amines) is 2. The van der Waals surface area contributed by atoms with Gasteiger partial charge in [-0.3, -0.25) is 9.80 Å². The van der Waals surface area contributed by atoms with Crippen molar-refractivity contribution in [2.24, 2.45) is 0 Å². The quantitative estimate of drug-likeness (QED) is 0.674. The van der Waals surface area contributed by atoms with Crippen LogP contribution in [0.1, 0.15) is 36.3 Å².